The van der Waals surface area contributed by atoms with Gasteiger partial charge in [0.2, 0.25) is 0 Å². The van der Waals surface area contributed by atoms with Crippen LogP contribution in [-0.4, -0.2) is 31.7 Å². The van der Waals surface area contributed by atoms with Gasteiger partial charge >= 0.3 is 0 Å². The first-order chi connectivity index (χ1) is 14.1. The molecule has 0 saturated heterocycles. The van der Waals surface area contributed by atoms with Crippen LogP contribution in [0.5, 0.6) is 0 Å². The molecule has 1 saturated carbocycles. The zero-order chi connectivity index (χ0) is 20.2. The SMILES string of the molecule is Cc1ccc(CNCC2CCC(Nc3cc(N(C)C)c4ccccc4n3)CC2)s1. The Bertz CT molecular complexity index is 941. The molecular formula is C24H32N4S. The van der Waals surface area contributed by atoms with Crippen molar-refractivity contribution >= 4 is 33.7 Å². The fourth-order valence-corrected chi connectivity index (χ4v) is 5.16. The molecule has 1 aromatic carbocycles. The Hall–Kier alpha value is -2.11. The fourth-order valence-electron chi connectivity index (χ4n) is 4.30. The predicted molar refractivity (Wildman–Crippen MR) is 126 cm³/mol. The maximum absolute atomic E-state index is 4.87. The van der Waals surface area contributed by atoms with Crippen LogP contribution in [0.2, 0.25) is 0 Å². The number of benzene rings is 1. The molecule has 0 atom stereocenters. The van der Waals surface area contributed by atoms with Crippen molar-refractivity contribution in [3.63, 3.8) is 0 Å². The fraction of sp³-hybridized carbons (Fsp3) is 0.458. The third-order valence-corrected chi connectivity index (χ3v) is 6.90. The van der Waals surface area contributed by atoms with E-state index in [2.05, 4.69) is 79.0 Å². The molecule has 154 valence electrons. The number of nitrogens with one attached hydrogen (secondary N) is 2. The number of thiophene rings is 1. The average Bonchev–Trinajstić information content (AvgIpc) is 3.13. The standard InChI is InChI=1S/C24H32N4S/c1-17-8-13-20(29-17)16-25-15-18-9-11-19(12-10-18)26-24-14-23(28(2)3)21-6-4-5-7-22(21)27-24/h4-8,13-14,18-19,25H,9-12,15-16H2,1-3H3,(H,26,27). The molecule has 1 aliphatic carbocycles. The summed E-state index contributed by atoms with van der Waals surface area (Å²) in [5.41, 5.74) is 2.28. The second kappa shape index (κ2) is 9.14. The van der Waals surface area contributed by atoms with Gasteiger partial charge < -0.3 is 15.5 Å². The summed E-state index contributed by atoms with van der Waals surface area (Å²) >= 11 is 1.90. The Morgan fingerprint density at radius 2 is 1.86 bits per heavy atom. The first-order valence-electron chi connectivity index (χ1n) is 10.7. The van der Waals surface area contributed by atoms with Crippen LogP contribution in [-0.2, 0) is 6.54 Å². The van der Waals surface area contributed by atoms with E-state index >= 15 is 0 Å². The molecule has 4 nitrogen and oxygen atoms in total. The van der Waals surface area contributed by atoms with Crippen molar-refractivity contribution in [3.8, 4) is 0 Å². The van der Waals surface area contributed by atoms with Crippen molar-refractivity contribution in [1.29, 1.82) is 0 Å². The summed E-state index contributed by atoms with van der Waals surface area (Å²) in [4.78, 5) is 9.88. The van der Waals surface area contributed by atoms with Crippen LogP contribution in [0.4, 0.5) is 11.5 Å². The van der Waals surface area contributed by atoms with Crippen molar-refractivity contribution in [2.75, 3.05) is 30.9 Å². The number of rotatable bonds is 7. The molecule has 5 heteroatoms. The third-order valence-electron chi connectivity index (χ3n) is 5.90. The molecule has 29 heavy (non-hydrogen) atoms. The van der Waals surface area contributed by atoms with Crippen molar-refractivity contribution < 1.29 is 0 Å². The number of pyridine rings is 1. The largest absolute Gasteiger partial charge is 0.377 e. The smallest absolute Gasteiger partial charge is 0.128 e. The van der Waals surface area contributed by atoms with Crippen molar-refractivity contribution in [2.45, 2.75) is 45.2 Å². The molecule has 0 radical (unpaired) electrons. The highest BCUT2D eigenvalue weighted by Crippen LogP contribution is 2.30. The van der Waals surface area contributed by atoms with E-state index in [4.69, 9.17) is 4.98 Å². The van der Waals surface area contributed by atoms with Crippen LogP contribution in [0.3, 0.4) is 0 Å². The van der Waals surface area contributed by atoms with E-state index in [9.17, 15) is 0 Å². The van der Waals surface area contributed by atoms with Crippen LogP contribution >= 0.6 is 11.3 Å². The minimum Gasteiger partial charge on any atom is -0.377 e. The lowest BCUT2D eigenvalue weighted by atomic mass is 9.86. The minimum absolute atomic E-state index is 0.523. The highest BCUT2D eigenvalue weighted by molar-refractivity contribution is 7.11. The molecule has 0 amide bonds. The van der Waals surface area contributed by atoms with E-state index in [1.807, 2.05) is 11.3 Å². The van der Waals surface area contributed by atoms with E-state index in [0.717, 1.165) is 30.3 Å². The average molecular weight is 409 g/mol. The van der Waals surface area contributed by atoms with Gasteiger partial charge in [0.05, 0.1) is 5.52 Å². The summed E-state index contributed by atoms with van der Waals surface area (Å²) in [6.07, 6.45) is 5.00. The first-order valence-corrected chi connectivity index (χ1v) is 11.5. The van der Waals surface area contributed by atoms with Crippen molar-refractivity contribution in [2.24, 2.45) is 5.92 Å². The quantitative estimate of drug-likeness (QED) is 0.547. The van der Waals surface area contributed by atoms with Gasteiger partial charge in [0.15, 0.2) is 0 Å². The number of hydrogen-bond donors (Lipinski definition) is 2. The van der Waals surface area contributed by atoms with Gasteiger partial charge in [0.1, 0.15) is 5.82 Å². The first kappa shape index (κ1) is 20.2. The van der Waals surface area contributed by atoms with E-state index in [-0.39, 0.29) is 0 Å². The number of hydrogen-bond acceptors (Lipinski definition) is 5. The van der Waals surface area contributed by atoms with Gasteiger partial charge in [-0.3, -0.25) is 0 Å². The van der Waals surface area contributed by atoms with Crippen LogP contribution in [0, 0.1) is 12.8 Å². The minimum atomic E-state index is 0.523. The van der Waals surface area contributed by atoms with Gasteiger partial charge in [-0.2, -0.15) is 0 Å². The van der Waals surface area contributed by atoms with Crippen LogP contribution in [0.1, 0.15) is 35.4 Å². The van der Waals surface area contributed by atoms with Gasteiger partial charge in [0.25, 0.3) is 0 Å². The Morgan fingerprint density at radius 1 is 1.07 bits per heavy atom. The molecular weight excluding hydrogens is 376 g/mol. The lowest BCUT2D eigenvalue weighted by Crippen LogP contribution is -2.31. The molecule has 0 unspecified atom stereocenters. The van der Waals surface area contributed by atoms with Gasteiger partial charge in [0, 0.05) is 53.6 Å². The normalized spacial score (nSPS) is 19.4. The molecule has 2 heterocycles. The van der Waals surface area contributed by atoms with Crippen LogP contribution in [0.15, 0.2) is 42.5 Å². The zero-order valence-electron chi connectivity index (χ0n) is 17.7. The Labute approximate surface area is 178 Å². The number of para-hydroxylation sites is 1. The number of aryl methyl sites for hydroxylation is 1. The monoisotopic (exact) mass is 408 g/mol. The van der Waals surface area contributed by atoms with E-state index in [1.54, 1.807) is 0 Å². The number of aromatic nitrogens is 1. The van der Waals surface area contributed by atoms with Gasteiger partial charge in [-0.15, -0.1) is 11.3 Å². The van der Waals surface area contributed by atoms with Gasteiger partial charge in [-0.25, -0.2) is 4.98 Å². The van der Waals surface area contributed by atoms with Crippen LogP contribution in [0.25, 0.3) is 10.9 Å². The van der Waals surface area contributed by atoms with E-state index in [1.165, 1.54) is 46.5 Å². The number of nitrogens with zero attached hydrogens (tertiary/aromatic N) is 2. The Morgan fingerprint density at radius 3 is 2.59 bits per heavy atom. The molecule has 0 aliphatic heterocycles. The van der Waals surface area contributed by atoms with Crippen LogP contribution < -0.4 is 15.5 Å². The maximum atomic E-state index is 4.87. The summed E-state index contributed by atoms with van der Waals surface area (Å²) in [6.45, 7) is 4.31. The lowest BCUT2D eigenvalue weighted by Gasteiger charge is -2.30. The predicted octanol–water partition coefficient (Wildman–Crippen LogP) is 5.43. The van der Waals surface area contributed by atoms with Gasteiger partial charge in [-0.05, 0) is 63.3 Å². The third kappa shape index (κ3) is 5.09. The van der Waals surface area contributed by atoms with Crippen molar-refractivity contribution in [1.82, 2.24) is 10.3 Å². The Balaban J connectivity index is 1.30. The molecule has 4 rings (SSSR count). The molecule has 1 aliphatic rings. The zero-order valence-corrected chi connectivity index (χ0v) is 18.6. The topological polar surface area (TPSA) is 40.2 Å². The second-order valence-corrected chi connectivity index (χ2v) is 9.82. The molecule has 0 spiro atoms. The second-order valence-electron chi connectivity index (χ2n) is 8.44. The summed E-state index contributed by atoms with van der Waals surface area (Å²) < 4.78 is 0. The highest BCUT2D eigenvalue weighted by Gasteiger charge is 2.21. The molecule has 2 aromatic heterocycles. The summed E-state index contributed by atoms with van der Waals surface area (Å²) in [5, 5.41) is 8.59. The number of anilines is 2. The molecule has 0 bridgehead atoms. The van der Waals surface area contributed by atoms with E-state index in [0.29, 0.717) is 6.04 Å². The summed E-state index contributed by atoms with van der Waals surface area (Å²) in [6, 6.07) is 15.6. The number of fused-ring (bicyclic) bond motifs is 1. The van der Waals surface area contributed by atoms with Crippen molar-refractivity contribution in [3.05, 3.63) is 52.2 Å². The lowest BCUT2D eigenvalue weighted by molar-refractivity contribution is 0.324. The van der Waals surface area contributed by atoms with Gasteiger partial charge in [-0.1, -0.05) is 18.2 Å². The Kier molecular flexibility index (Phi) is 6.36. The molecule has 3 aromatic rings. The maximum Gasteiger partial charge on any atom is 0.128 e. The summed E-state index contributed by atoms with van der Waals surface area (Å²) in [5.74, 6) is 1.79. The summed E-state index contributed by atoms with van der Waals surface area (Å²) in [7, 11) is 4.20. The molecule has 1 fully saturated rings. The van der Waals surface area contributed by atoms with E-state index < -0.39 is 0 Å². The highest BCUT2D eigenvalue weighted by atomic mass is 32.1. The molecule has 2 N–H and O–H groups in total.